The van der Waals surface area contributed by atoms with Gasteiger partial charge in [-0.1, -0.05) is 6.92 Å². The van der Waals surface area contributed by atoms with Gasteiger partial charge in [-0.3, -0.25) is 4.90 Å². The smallest absolute Gasteiger partial charge is 0.131 e. The van der Waals surface area contributed by atoms with Crippen LogP contribution in [0.25, 0.3) is 0 Å². The highest BCUT2D eigenvalue weighted by atomic mass is 15.3. The van der Waals surface area contributed by atoms with Crippen LogP contribution in [0.2, 0.25) is 0 Å². The van der Waals surface area contributed by atoms with Gasteiger partial charge in [0.05, 0.1) is 0 Å². The van der Waals surface area contributed by atoms with Crippen molar-refractivity contribution in [3.8, 4) is 0 Å². The summed E-state index contributed by atoms with van der Waals surface area (Å²) in [6.45, 7) is 12.9. The number of nitrogens with one attached hydrogen (secondary N) is 1. The molecule has 0 aromatic carbocycles. The Morgan fingerprint density at radius 2 is 1.95 bits per heavy atom. The van der Waals surface area contributed by atoms with E-state index in [-0.39, 0.29) is 0 Å². The molecule has 2 atom stereocenters. The van der Waals surface area contributed by atoms with E-state index >= 15 is 0 Å². The molecule has 1 saturated heterocycles. The van der Waals surface area contributed by atoms with Crippen molar-refractivity contribution in [3.05, 3.63) is 23.4 Å². The summed E-state index contributed by atoms with van der Waals surface area (Å²) in [6.07, 6.45) is 2.01. The van der Waals surface area contributed by atoms with Crippen LogP contribution in [0.5, 0.6) is 0 Å². The molecule has 2 unspecified atom stereocenters. The van der Waals surface area contributed by atoms with Gasteiger partial charge in [0.15, 0.2) is 0 Å². The molecule has 1 N–H and O–H groups in total. The Morgan fingerprint density at radius 1 is 1.30 bits per heavy atom. The molecule has 0 amide bonds. The standard InChI is InChI=1S/C16H28N4/c1-6-17-8-15-7-12(2)16(18-9-15)20-10-13(3)19(5)14(4)11-20/h7,9,13-14,17H,6,8,10-11H2,1-5H3. The number of likely N-dealkylation sites (N-methyl/N-ethyl adjacent to an activating group) is 1. The maximum atomic E-state index is 4.72. The molecule has 1 aromatic rings. The van der Waals surface area contributed by atoms with E-state index in [1.807, 2.05) is 6.20 Å². The highest BCUT2D eigenvalue weighted by Crippen LogP contribution is 2.23. The van der Waals surface area contributed by atoms with E-state index in [2.05, 4.69) is 55.9 Å². The molecule has 0 aliphatic carbocycles. The Labute approximate surface area is 123 Å². The first kappa shape index (κ1) is 15.3. The molecule has 4 heteroatoms. The summed E-state index contributed by atoms with van der Waals surface area (Å²) in [5.41, 5.74) is 2.55. The lowest BCUT2D eigenvalue weighted by Crippen LogP contribution is -2.55. The van der Waals surface area contributed by atoms with Crippen LogP contribution in [0.15, 0.2) is 12.3 Å². The van der Waals surface area contributed by atoms with Gasteiger partial charge in [-0.25, -0.2) is 4.98 Å². The Balaban J connectivity index is 2.12. The molecule has 112 valence electrons. The summed E-state index contributed by atoms with van der Waals surface area (Å²) < 4.78 is 0. The maximum absolute atomic E-state index is 4.72. The van der Waals surface area contributed by atoms with Gasteiger partial charge in [0.1, 0.15) is 5.82 Å². The molecule has 0 radical (unpaired) electrons. The van der Waals surface area contributed by atoms with Gasteiger partial charge in [-0.15, -0.1) is 0 Å². The average molecular weight is 276 g/mol. The second-order valence-electron chi connectivity index (χ2n) is 6.03. The predicted octanol–water partition coefficient (Wildman–Crippen LogP) is 2.03. The van der Waals surface area contributed by atoms with Crippen LogP contribution in [0.1, 0.15) is 31.9 Å². The summed E-state index contributed by atoms with van der Waals surface area (Å²) in [6, 6.07) is 3.40. The third-order valence-electron chi connectivity index (χ3n) is 4.35. The third kappa shape index (κ3) is 3.30. The monoisotopic (exact) mass is 276 g/mol. The van der Waals surface area contributed by atoms with Gasteiger partial charge in [-0.05, 0) is 51.6 Å². The maximum Gasteiger partial charge on any atom is 0.131 e. The number of hydrogen-bond donors (Lipinski definition) is 1. The Morgan fingerprint density at radius 3 is 2.50 bits per heavy atom. The molecule has 4 nitrogen and oxygen atoms in total. The molecule has 0 bridgehead atoms. The minimum Gasteiger partial charge on any atom is -0.353 e. The van der Waals surface area contributed by atoms with Crippen molar-refractivity contribution in [2.45, 2.75) is 46.3 Å². The van der Waals surface area contributed by atoms with E-state index in [0.29, 0.717) is 12.1 Å². The molecule has 2 heterocycles. The SMILES string of the molecule is CCNCc1cnc(N2CC(C)N(C)C(C)C2)c(C)c1. The van der Waals surface area contributed by atoms with Crippen molar-refractivity contribution in [1.29, 1.82) is 0 Å². The van der Waals surface area contributed by atoms with Crippen LogP contribution in [-0.2, 0) is 6.54 Å². The lowest BCUT2D eigenvalue weighted by molar-refractivity contribution is 0.169. The Kier molecular flexibility index (Phi) is 5.00. The fourth-order valence-electron chi connectivity index (χ4n) is 2.90. The number of rotatable bonds is 4. The fourth-order valence-corrected chi connectivity index (χ4v) is 2.90. The molecule has 1 fully saturated rings. The number of aromatic nitrogens is 1. The minimum atomic E-state index is 0.571. The number of pyridine rings is 1. The normalized spacial score (nSPS) is 24.1. The van der Waals surface area contributed by atoms with E-state index in [4.69, 9.17) is 4.98 Å². The largest absolute Gasteiger partial charge is 0.353 e. The van der Waals surface area contributed by atoms with Gasteiger partial charge in [0.25, 0.3) is 0 Å². The van der Waals surface area contributed by atoms with Crippen molar-refractivity contribution in [3.63, 3.8) is 0 Å². The zero-order chi connectivity index (χ0) is 14.7. The molecule has 2 rings (SSSR count). The molecule has 1 aliphatic rings. The van der Waals surface area contributed by atoms with Crippen molar-refractivity contribution in [1.82, 2.24) is 15.2 Å². The number of nitrogens with zero attached hydrogens (tertiary/aromatic N) is 3. The molecule has 1 aliphatic heterocycles. The second-order valence-corrected chi connectivity index (χ2v) is 6.03. The van der Waals surface area contributed by atoms with Gasteiger partial charge >= 0.3 is 0 Å². The van der Waals surface area contributed by atoms with Gasteiger partial charge < -0.3 is 10.2 Å². The second kappa shape index (κ2) is 6.55. The van der Waals surface area contributed by atoms with Crippen LogP contribution < -0.4 is 10.2 Å². The highest BCUT2D eigenvalue weighted by molar-refractivity contribution is 5.48. The van der Waals surface area contributed by atoms with Crippen LogP contribution in [0.4, 0.5) is 5.82 Å². The molecule has 20 heavy (non-hydrogen) atoms. The Hall–Kier alpha value is -1.13. The van der Waals surface area contributed by atoms with Crippen molar-refractivity contribution in [2.75, 3.05) is 31.6 Å². The van der Waals surface area contributed by atoms with Crippen LogP contribution >= 0.6 is 0 Å². The van der Waals surface area contributed by atoms with Crippen molar-refractivity contribution in [2.24, 2.45) is 0 Å². The van der Waals surface area contributed by atoms with E-state index in [1.165, 1.54) is 11.1 Å². The fraction of sp³-hybridized carbons (Fsp3) is 0.688. The summed E-state index contributed by atoms with van der Waals surface area (Å²) in [5.74, 6) is 1.15. The van der Waals surface area contributed by atoms with Crippen molar-refractivity contribution >= 4 is 5.82 Å². The summed E-state index contributed by atoms with van der Waals surface area (Å²) in [5, 5.41) is 3.35. The van der Waals surface area contributed by atoms with Gasteiger partial charge in [0.2, 0.25) is 0 Å². The molecule has 0 spiro atoms. The zero-order valence-electron chi connectivity index (χ0n) is 13.5. The number of piperazine rings is 1. The summed E-state index contributed by atoms with van der Waals surface area (Å²) >= 11 is 0. The van der Waals surface area contributed by atoms with Crippen LogP contribution in [-0.4, -0.2) is 48.6 Å². The lowest BCUT2D eigenvalue weighted by Gasteiger charge is -2.43. The van der Waals surface area contributed by atoms with Crippen molar-refractivity contribution < 1.29 is 0 Å². The Bertz CT molecular complexity index is 434. The first-order valence-electron chi connectivity index (χ1n) is 7.66. The minimum absolute atomic E-state index is 0.571. The zero-order valence-corrected chi connectivity index (χ0v) is 13.5. The number of hydrogen-bond acceptors (Lipinski definition) is 4. The first-order valence-corrected chi connectivity index (χ1v) is 7.66. The molecular weight excluding hydrogens is 248 g/mol. The van der Waals surface area contributed by atoms with E-state index in [9.17, 15) is 0 Å². The number of anilines is 1. The predicted molar refractivity (Wildman–Crippen MR) is 85.3 cm³/mol. The first-order chi connectivity index (χ1) is 9.52. The lowest BCUT2D eigenvalue weighted by atomic mass is 10.1. The number of aryl methyl sites for hydroxylation is 1. The summed E-state index contributed by atoms with van der Waals surface area (Å²) in [4.78, 5) is 9.60. The van der Waals surface area contributed by atoms with E-state index in [0.717, 1.165) is 32.0 Å². The molecule has 1 aromatic heterocycles. The average Bonchev–Trinajstić information content (AvgIpc) is 2.42. The third-order valence-corrected chi connectivity index (χ3v) is 4.35. The topological polar surface area (TPSA) is 31.4 Å². The van der Waals surface area contributed by atoms with Gasteiger partial charge in [0, 0.05) is 37.9 Å². The van der Waals surface area contributed by atoms with Crippen LogP contribution in [0.3, 0.4) is 0 Å². The molecular formula is C16H28N4. The van der Waals surface area contributed by atoms with Crippen LogP contribution in [0, 0.1) is 6.92 Å². The van der Waals surface area contributed by atoms with E-state index < -0.39 is 0 Å². The van der Waals surface area contributed by atoms with E-state index in [1.54, 1.807) is 0 Å². The quantitative estimate of drug-likeness (QED) is 0.912. The summed E-state index contributed by atoms with van der Waals surface area (Å²) in [7, 11) is 2.21. The molecule has 0 saturated carbocycles. The van der Waals surface area contributed by atoms with Gasteiger partial charge in [-0.2, -0.15) is 0 Å². The highest BCUT2D eigenvalue weighted by Gasteiger charge is 2.27.